The Bertz CT molecular complexity index is 1450. The molecular formula is C59H92O6. The minimum atomic E-state index is -0.827. The third kappa shape index (κ3) is 50.4. The van der Waals surface area contributed by atoms with Crippen molar-refractivity contribution in [3.63, 3.8) is 0 Å². The Morgan fingerprint density at radius 1 is 0.323 bits per heavy atom. The summed E-state index contributed by atoms with van der Waals surface area (Å²) in [5.74, 6) is -1.04. The van der Waals surface area contributed by atoms with Crippen molar-refractivity contribution in [3.8, 4) is 0 Å². The molecule has 0 aromatic carbocycles. The molecule has 1 unspecified atom stereocenters. The van der Waals surface area contributed by atoms with E-state index in [1.807, 2.05) is 91.1 Å². The SMILES string of the molecule is CC\C=C/C=C\C=C/C=C\C=C/CCCC(=O)OCC(COC(=O)CCCCCCC\C=C/C=C\C=C/C=C\C=C/CCC)OC(=O)CCCCCCC/C=C\CCCCCCCCC. The van der Waals surface area contributed by atoms with Gasteiger partial charge in [0, 0.05) is 19.3 Å². The standard InChI is InChI=1S/C59H92O6/c1-4-7-10-13-16-19-22-25-27-29-30-32-34-37-40-43-46-49-52-58(61)64-55-56(54-63-57(60)51-48-45-42-39-36-33-24-21-18-15-12-9-6-3)65-59(62)53-50-47-44-41-38-35-31-28-26-23-20-17-14-11-8-5-2/h9-10,12-13,15-16,18-19,21-22,24-25,27-33,36,39,42,56H,4-8,11,14,17,20,23,26,34-35,37-38,40-41,43-55H2,1-3H3/b12-9-,13-10-,18-15-,19-16-,24-21-,25-22-,29-27-,31-28-,32-30-,36-33-,42-39-. The Balaban J connectivity index is 4.57. The molecule has 0 amide bonds. The molecule has 6 nitrogen and oxygen atoms in total. The van der Waals surface area contributed by atoms with Gasteiger partial charge in [0.25, 0.3) is 0 Å². The van der Waals surface area contributed by atoms with Crippen LogP contribution in [0.1, 0.15) is 201 Å². The van der Waals surface area contributed by atoms with Crippen LogP contribution in [0.3, 0.4) is 0 Å². The zero-order valence-corrected chi connectivity index (χ0v) is 41.4. The van der Waals surface area contributed by atoms with Crippen LogP contribution in [0, 0.1) is 0 Å². The van der Waals surface area contributed by atoms with Gasteiger partial charge < -0.3 is 14.2 Å². The molecule has 0 fully saturated rings. The lowest BCUT2D eigenvalue weighted by atomic mass is 10.1. The number of allylic oxidation sites excluding steroid dienone is 22. The first-order valence-corrected chi connectivity index (χ1v) is 25.8. The molecule has 364 valence electrons. The number of rotatable bonds is 44. The van der Waals surface area contributed by atoms with E-state index >= 15 is 0 Å². The van der Waals surface area contributed by atoms with E-state index in [0.717, 1.165) is 89.9 Å². The molecule has 0 saturated carbocycles. The molecule has 0 saturated heterocycles. The Kier molecular flexibility index (Phi) is 48.6. The summed E-state index contributed by atoms with van der Waals surface area (Å²) in [6.07, 6.45) is 72.9. The fourth-order valence-corrected chi connectivity index (χ4v) is 6.50. The van der Waals surface area contributed by atoms with Crippen molar-refractivity contribution in [2.75, 3.05) is 13.2 Å². The van der Waals surface area contributed by atoms with Gasteiger partial charge in [0.15, 0.2) is 6.10 Å². The number of hydrogen-bond acceptors (Lipinski definition) is 6. The van der Waals surface area contributed by atoms with E-state index in [1.165, 1.54) is 64.2 Å². The molecule has 0 aromatic heterocycles. The van der Waals surface area contributed by atoms with Crippen LogP contribution in [0.25, 0.3) is 0 Å². The van der Waals surface area contributed by atoms with Gasteiger partial charge in [-0.05, 0) is 77.0 Å². The Morgan fingerprint density at radius 2 is 0.662 bits per heavy atom. The minimum absolute atomic E-state index is 0.122. The van der Waals surface area contributed by atoms with Gasteiger partial charge in [-0.25, -0.2) is 0 Å². The number of esters is 3. The fraction of sp³-hybridized carbons (Fsp3) is 0.576. The molecule has 6 heteroatoms. The predicted molar refractivity (Wildman–Crippen MR) is 279 cm³/mol. The van der Waals surface area contributed by atoms with Gasteiger partial charge >= 0.3 is 17.9 Å². The lowest BCUT2D eigenvalue weighted by Crippen LogP contribution is -2.30. The van der Waals surface area contributed by atoms with E-state index < -0.39 is 6.10 Å². The lowest BCUT2D eigenvalue weighted by molar-refractivity contribution is -0.167. The van der Waals surface area contributed by atoms with Crippen LogP contribution in [-0.2, 0) is 28.6 Å². The van der Waals surface area contributed by atoms with Crippen molar-refractivity contribution in [2.24, 2.45) is 0 Å². The topological polar surface area (TPSA) is 78.9 Å². The van der Waals surface area contributed by atoms with Gasteiger partial charge in [-0.1, -0.05) is 238 Å². The Morgan fingerprint density at radius 3 is 1.11 bits per heavy atom. The normalized spacial score (nSPS) is 13.2. The van der Waals surface area contributed by atoms with E-state index in [-0.39, 0.29) is 37.5 Å². The van der Waals surface area contributed by atoms with Crippen molar-refractivity contribution < 1.29 is 28.6 Å². The lowest BCUT2D eigenvalue weighted by Gasteiger charge is -2.18. The average Bonchev–Trinajstić information content (AvgIpc) is 3.30. The number of hydrogen-bond donors (Lipinski definition) is 0. The predicted octanol–water partition coefficient (Wildman–Crippen LogP) is 17.1. The molecule has 0 aliphatic heterocycles. The summed E-state index contributed by atoms with van der Waals surface area (Å²) in [6.45, 7) is 6.29. The second-order valence-corrected chi connectivity index (χ2v) is 16.6. The van der Waals surface area contributed by atoms with Gasteiger partial charge in [-0.15, -0.1) is 0 Å². The molecule has 0 heterocycles. The zero-order chi connectivity index (χ0) is 47.2. The van der Waals surface area contributed by atoms with Gasteiger partial charge in [-0.2, -0.15) is 0 Å². The first-order chi connectivity index (χ1) is 32.0. The maximum Gasteiger partial charge on any atom is 0.306 e. The summed E-state index contributed by atoms with van der Waals surface area (Å²) in [4.78, 5) is 38.0. The molecule has 0 spiro atoms. The van der Waals surface area contributed by atoms with Gasteiger partial charge in [0.2, 0.25) is 0 Å². The average molecular weight is 897 g/mol. The van der Waals surface area contributed by atoms with Gasteiger partial charge in [0.05, 0.1) is 0 Å². The molecule has 0 aliphatic carbocycles. The van der Waals surface area contributed by atoms with Crippen molar-refractivity contribution in [3.05, 3.63) is 134 Å². The fourth-order valence-electron chi connectivity index (χ4n) is 6.50. The van der Waals surface area contributed by atoms with Crippen LogP contribution in [0.15, 0.2) is 134 Å². The van der Waals surface area contributed by atoms with Crippen molar-refractivity contribution in [1.29, 1.82) is 0 Å². The van der Waals surface area contributed by atoms with Crippen LogP contribution < -0.4 is 0 Å². The van der Waals surface area contributed by atoms with Gasteiger partial charge in [-0.3, -0.25) is 14.4 Å². The number of carbonyl (C=O) groups excluding carboxylic acids is 3. The van der Waals surface area contributed by atoms with E-state index in [1.54, 1.807) is 0 Å². The summed E-state index contributed by atoms with van der Waals surface area (Å²) < 4.78 is 16.7. The first kappa shape index (κ1) is 60.6. The zero-order valence-electron chi connectivity index (χ0n) is 41.4. The molecule has 1 atom stereocenters. The number of unbranched alkanes of at least 4 members (excludes halogenated alkanes) is 19. The third-order valence-electron chi connectivity index (χ3n) is 10.3. The number of carbonyl (C=O) groups is 3. The molecule has 0 aliphatic rings. The van der Waals surface area contributed by atoms with Gasteiger partial charge in [0.1, 0.15) is 13.2 Å². The highest BCUT2D eigenvalue weighted by molar-refractivity contribution is 5.71. The van der Waals surface area contributed by atoms with Crippen molar-refractivity contribution in [1.82, 2.24) is 0 Å². The molecule has 0 radical (unpaired) electrons. The smallest absolute Gasteiger partial charge is 0.306 e. The molecule has 0 rings (SSSR count). The van der Waals surface area contributed by atoms with Crippen LogP contribution in [0.5, 0.6) is 0 Å². The Hall–Kier alpha value is -4.45. The Labute approximate surface area is 398 Å². The summed E-state index contributed by atoms with van der Waals surface area (Å²) in [5, 5.41) is 0. The molecule has 0 aromatic rings. The van der Waals surface area contributed by atoms with Crippen LogP contribution >= 0.6 is 0 Å². The van der Waals surface area contributed by atoms with E-state index in [0.29, 0.717) is 19.3 Å². The minimum Gasteiger partial charge on any atom is -0.462 e. The van der Waals surface area contributed by atoms with Crippen molar-refractivity contribution in [2.45, 2.75) is 207 Å². The maximum atomic E-state index is 12.8. The first-order valence-electron chi connectivity index (χ1n) is 25.8. The summed E-state index contributed by atoms with van der Waals surface area (Å²) >= 11 is 0. The highest BCUT2D eigenvalue weighted by Crippen LogP contribution is 2.13. The monoisotopic (exact) mass is 897 g/mol. The maximum absolute atomic E-state index is 12.8. The quantitative estimate of drug-likeness (QED) is 0.0199. The molecule has 0 N–H and O–H groups in total. The highest BCUT2D eigenvalue weighted by Gasteiger charge is 2.19. The van der Waals surface area contributed by atoms with E-state index in [9.17, 15) is 14.4 Å². The molecule has 0 bridgehead atoms. The third-order valence-corrected chi connectivity index (χ3v) is 10.3. The van der Waals surface area contributed by atoms with Crippen LogP contribution in [0.4, 0.5) is 0 Å². The van der Waals surface area contributed by atoms with Crippen LogP contribution in [0.2, 0.25) is 0 Å². The molecule has 65 heavy (non-hydrogen) atoms. The second kappa shape index (κ2) is 52.2. The summed E-state index contributed by atoms with van der Waals surface area (Å²) in [5.41, 5.74) is 0. The van der Waals surface area contributed by atoms with Crippen LogP contribution in [-0.4, -0.2) is 37.2 Å². The highest BCUT2D eigenvalue weighted by atomic mass is 16.6. The van der Waals surface area contributed by atoms with E-state index in [4.69, 9.17) is 14.2 Å². The molecular weight excluding hydrogens is 805 g/mol. The summed E-state index contributed by atoms with van der Waals surface area (Å²) in [6, 6.07) is 0. The summed E-state index contributed by atoms with van der Waals surface area (Å²) in [7, 11) is 0. The number of ether oxygens (including phenoxy) is 3. The second-order valence-electron chi connectivity index (χ2n) is 16.6. The largest absolute Gasteiger partial charge is 0.462 e. The van der Waals surface area contributed by atoms with E-state index in [2.05, 4.69) is 63.3 Å². The van der Waals surface area contributed by atoms with Crippen molar-refractivity contribution >= 4 is 17.9 Å².